The van der Waals surface area contributed by atoms with Crippen molar-refractivity contribution in [3.63, 3.8) is 0 Å². The number of nitrogens with zero attached hydrogens (tertiary/aromatic N) is 2. The molecular formula is C3H3N2O-. The van der Waals surface area contributed by atoms with E-state index in [-0.39, 0.29) is 0 Å². The first-order valence-corrected chi connectivity index (χ1v) is 1.57. The highest BCUT2D eigenvalue weighted by Gasteiger charge is 1.63. The highest BCUT2D eigenvalue weighted by molar-refractivity contribution is 4.78. The highest BCUT2D eigenvalue weighted by Crippen LogP contribution is 1.74. The maximum absolute atomic E-state index is 9.88. The Morgan fingerprint density at radius 1 is 1.67 bits per heavy atom. The van der Waals surface area contributed by atoms with E-state index in [0.29, 0.717) is 4.85 Å². The van der Waals surface area contributed by atoms with Crippen LogP contribution in [0.5, 0.6) is 0 Å². The van der Waals surface area contributed by atoms with Gasteiger partial charge in [-0.25, -0.2) is 0 Å². The van der Waals surface area contributed by atoms with E-state index in [1.54, 1.807) is 6.07 Å². The van der Waals surface area contributed by atoms with Gasteiger partial charge < -0.3 is 10.1 Å². The van der Waals surface area contributed by atoms with Crippen molar-refractivity contribution in [3.8, 4) is 0 Å². The third-order valence-electron chi connectivity index (χ3n) is 0.480. The Morgan fingerprint density at radius 3 is 2.67 bits per heavy atom. The van der Waals surface area contributed by atoms with Crippen LogP contribution in [-0.2, 0) is 0 Å². The maximum Gasteiger partial charge on any atom is 0.0486 e. The Bertz CT molecular complexity index is 112. The van der Waals surface area contributed by atoms with Crippen molar-refractivity contribution in [2.45, 2.75) is 0 Å². The third kappa shape index (κ3) is 0.337. The van der Waals surface area contributed by atoms with Gasteiger partial charge in [0.1, 0.15) is 0 Å². The zero-order valence-electron chi connectivity index (χ0n) is 3.03. The summed E-state index contributed by atoms with van der Waals surface area (Å²) in [4.78, 5) is 0.500. The Kier molecular flexibility index (Phi) is 0.538. The van der Waals surface area contributed by atoms with E-state index in [1.807, 2.05) is 0 Å². The molecule has 0 aliphatic carbocycles. The van der Waals surface area contributed by atoms with Crippen LogP contribution >= 0.6 is 0 Å². The van der Waals surface area contributed by atoms with Crippen molar-refractivity contribution in [2.75, 3.05) is 0 Å². The van der Waals surface area contributed by atoms with Gasteiger partial charge in [-0.1, -0.05) is 0 Å². The van der Waals surface area contributed by atoms with Gasteiger partial charge in [-0.2, -0.15) is 5.10 Å². The third-order valence-corrected chi connectivity index (χ3v) is 0.480. The summed E-state index contributed by atoms with van der Waals surface area (Å²) in [6.07, 6.45) is 2.77. The minimum atomic E-state index is 0.500. The Labute approximate surface area is 34.8 Å². The van der Waals surface area contributed by atoms with Gasteiger partial charge in [-0.15, -0.1) is 0 Å². The SMILES string of the molecule is [O-][15n]1ccc[15n]1. The fraction of sp³-hybridized carbons (Fsp3) is 0. The largest absolute Gasteiger partial charge is 0.790 e. The summed E-state index contributed by atoms with van der Waals surface area (Å²) in [5.41, 5.74) is 0. The van der Waals surface area contributed by atoms with Crippen molar-refractivity contribution in [3.05, 3.63) is 23.7 Å². The average Bonchev–Trinajstić information content (AvgIpc) is 1.86. The molecule has 1 heterocycles. The van der Waals surface area contributed by atoms with Crippen LogP contribution < -0.4 is 0 Å². The van der Waals surface area contributed by atoms with E-state index >= 15 is 0 Å². The standard InChI is InChI=1S/C3H3N2O/c6-5-3-1-2-4-5/h1-3H/q-1/i4+1,5+1. The van der Waals surface area contributed by atoms with E-state index < -0.39 is 0 Å². The lowest BCUT2D eigenvalue weighted by molar-refractivity contribution is 0.888. The van der Waals surface area contributed by atoms with Crippen LogP contribution in [0.25, 0.3) is 0 Å². The van der Waals surface area contributed by atoms with E-state index in [2.05, 4.69) is 5.10 Å². The predicted molar refractivity (Wildman–Crippen MR) is 21.0 cm³/mol. The first kappa shape index (κ1) is 3.21. The molecule has 0 aliphatic heterocycles. The Hall–Kier alpha value is -0.990. The van der Waals surface area contributed by atoms with Crippen molar-refractivity contribution >= 4 is 0 Å². The Balaban J connectivity index is 3.05. The topological polar surface area (TPSA) is 40.9 Å². The molecule has 0 amide bonds. The van der Waals surface area contributed by atoms with Crippen LogP contribution in [-0.4, -0.2) is 9.94 Å². The monoisotopic (exact) mass is 85.0 g/mol. The molecule has 0 unspecified atom stereocenters. The van der Waals surface area contributed by atoms with E-state index in [1.165, 1.54) is 12.4 Å². The van der Waals surface area contributed by atoms with E-state index in [4.69, 9.17) is 0 Å². The highest BCUT2D eigenvalue weighted by atomic mass is 16.8. The van der Waals surface area contributed by atoms with Gasteiger partial charge >= 0.3 is 0 Å². The lowest BCUT2D eigenvalue weighted by atomic mass is 10.8. The average molecular weight is 85.1 g/mol. The van der Waals surface area contributed by atoms with Gasteiger partial charge in [0, 0.05) is 12.4 Å². The molecule has 0 saturated carbocycles. The molecule has 0 saturated heterocycles. The van der Waals surface area contributed by atoms with Gasteiger partial charge in [-0.05, 0) is 6.07 Å². The molecule has 0 bridgehead atoms. The molecule has 0 spiro atoms. The summed E-state index contributed by atoms with van der Waals surface area (Å²) in [7, 11) is 0. The van der Waals surface area contributed by atoms with E-state index in [0.717, 1.165) is 0 Å². The molecule has 0 fully saturated rings. The molecule has 0 atom stereocenters. The summed E-state index contributed by atoms with van der Waals surface area (Å²) in [6, 6.07) is 1.58. The second kappa shape index (κ2) is 1.01. The lowest BCUT2D eigenvalue weighted by Gasteiger charge is -1.97. The molecule has 3 heteroatoms. The van der Waals surface area contributed by atoms with Crippen LogP contribution in [0.3, 0.4) is 0 Å². The van der Waals surface area contributed by atoms with Crippen LogP contribution in [0.15, 0.2) is 18.5 Å². The van der Waals surface area contributed by atoms with E-state index in [9.17, 15) is 5.21 Å². The lowest BCUT2D eigenvalue weighted by Crippen LogP contribution is -1.80. The molecule has 32 valence electrons. The van der Waals surface area contributed by atoms with Crippen LogP contribution in [0, 0.1) is 5.21 Å². The number of aromatic nitrogens is 2. The molecular weight excluding hydrogens is 82.0 g/mol. The van der Waals surface area contributed by atoms with Gasteiger partial charge in [0.05, 0.1) is 0 Å². The maximum atomic E-state index is 9.88. The summed E-state index contributed by atoms with van der Waals surface area (Å²) in [5, 5.41) is 13.2. The molecule has 1 aromatic heterocycles. The number of hydrogen-bond donors (Lipinski definition) is 0. The molecule has 6 heavy (non-hydrogen) atoms. The summed E-state index contributed by atoms with van der Waals surface area (Å²) < 4.78 is 0. The first-order chi connectivity index (χ1) is 2.89. The summed E-state index contributed by atoms with van der Waals surface area (Å²) >= 11 is 0. The summed E-state index contributed by atoms with van der Waals surface area (Å²) in [5.74, 6) is 0. The molecule has 1 aromatic rings. The molecule has 0 N–H and O–H groups in total. The zero-order valence-corrected chi connectivity index (χ0v) is 3.03. The van der Waals surface area contributed by atoms with Gasteiger partial charge in [0.25, 0.3) is 0 Å². The quantitative estimate of drug-likeness (QED) is 0.452. The zero-order chi connectivity index (χ0) is 4.41. The van der Waals surface area contributed by atoms with Crippen molar-refractivity contribution in [1.82, 2.24) is 9.94 Å². The van der Waals surface area contributed by atoms with Crippen LogP contribution in [0.4, 0.5) is 0 Å². The van der Waals surface area contributed by atoms with Crippen molar-refractivity contribution in [1.29, 1.82) is 0 Å². The van der Waals surface area contributed by atoms with Crippen molar-refractivity contribution in [2.24, 2.45) is 0 Å². The molecule has 0 aromatic carbocycles. The van der Waals surface area contributed by atoms with Gasteiger partial charge in [0.15, 0.2) is 0 Å². The van der Waals surface area contributed by atoms with Crippen molar-refractivity contribution < 1.29 is 0 Å². The molecule has 0 radical (unpaired) electrons. The second-order valence-electron chi connectivity index (χ2n) is 0.909. The minimum Gasteiger partial charge on any atom is -0.790 e. The Morgan fingerprint density at radius 2 is 2.50 bits per heavy atom. The molecule has 3 nitrogen and oxygen atoms in total. The summed E-state index contributed by atoms with van der Waals surface area (Å²) in [6.45, 7) is 0. The number of hydrogen-bond acceptors (Lipinski definition) is 2. The smallest absolute Gasteiger partial charge is 0.0486 e. The van der Waals surface area contributed by atoms with Gasteiger partial charge in [-0.3, -0.25) is 0 Å². The van der Waals surface area contributed by atoms with Gasteiger partial charge in [0.2, 0.25) is 0 Å². The fourth-order valence-electron chi connectivity index (χ4n) is 0.255. The first-order valence-electron chi connectivity index (χ1n) is 1.57. The molecule has 0 aliphatic rings. The minimum absolute atomic E-state index is 0.500. The normalized spacial score (nSPS) is 8.67. The second-order valence-corrected chi connectivity index (χ2v) is 0.909. The molecule has 1 rings (SSSR count). The van der Waals surface area contributed by atoms with Crippen LogP contribution in [0.1, 0.15) is 0 Å². The predicted octanol–water partition coefficient (Wildman–Crippen LogP) is 0.229. The fourth-order valence-corrected chi connectivity index (χ4v) is 0.255. The van der Waals surface area contributed by atoms with Crippen LogP contribution in [0.2, 0.25) is 0 Å². The number of rotatable bonds is 0.